The van der Waals surface area contributed by atoms with E-state index in [-0.39, 0.29) is 25.3 Å². The monoisotopic (exact) mass is 537 g/mol. The van der Waals surface area contributed by atoms with Crippen molar-refractivity contribution in [3.8, 4) is 0 Å². The topological polar surface area (TPSA) is 130 Å². The molecule has 1 aliphatic rings. The van der Waals surface area contributed by atoms with Crippen molar-refractivity contribution in [2.45, 2.75) is 32.3 Å². The van der Waals surface area contributed by atoms with Gasteiger partial charge in [-0.15, -0.1) is 0 Å². The molecule has 3 atom stereocenters. The minimum absolute atomic E-state index is 0.0239. The first kappa shape index (κ1) is 27.1. The van der Waals surface area contributed by atoms with E-state index in [9.17, 15) is 19.7 Å². The highest BCUT2D eigenvalue weighted by molar-refractivity contribution is 7.10. The number of rotatable bonds is 10. The number of benzene rings is 2. The average molecular weight is 538 g/mol. The number of hydrogen-bond acceptors (Lipinski definition) is 10. The number of carbonyl (C=O) groups is 2. The summed E-state index contributed by atoms with van der Waals surface area (Å²) in [5, 5.41) is 12.1. The lowest BCUT2D eigenvalue weighted by Crippen LogP contribution is -2.33. The second-order valence-electron chi connectivity index (χ2n) is 8.60. The minimum atomic E-state index is -0.862. The van der Waals surface area contributed by atoms with Crippen molar-refractivity contribution in [3.63, 3.8) is 0 Å². The van der Waals surface area contributed by atoms with Gasteiger partial charge >= 0.3 is 11.9 Å². The van der Waals surface area contributed by atoms with E-state index in [0.717, 1.165) is 0 Å². The lowest BCUT2D eigenvalue weighted by Gasteiger charge is -2.30. The number of hydrogen-bond donors (Lipinski definition) is 0. The van der Waals surface area contributed by atoms with Crippen LogP contribution in [0, 0.1) is 16.0 Å². The van der Waals surface area contributed by atoms with Crippen LogP contribution >= 0.6 is 11.5 Å². The minimum Gasteiger partial charge on any atom is -0.465 e. The van der Waals surface area contributed by atoms with E-state index in [1.165, 1.54) is 30.8 Å². The molecule has 3 aromatic rings. The molecule has 0 N–H and O–H groups in total. The zero-order valence-corrected chi connectivity index (χ0v) is 22.0. The third kappa shape index (κ3) is 5.63. The summed E-state index contributed by atoms with van der Waals surface area (Å²) in [6.07, 6.45) is -0.600. The third-order valence-corrected chi connectivity index (χ3v) is 7.07. The molecule has 0 bridgehead atoms. The Bertz CT molecular complexity index is 1360. The fraction of sp³-hybridized carbons (Fsp3) is 0.333. The number of aromatic nitrogens is 1. The van der Waals surface area contributed by atoms with E-state index < -0.39 is 34.8 Å². The first-order chi connectivity index (χ1) is 18.3. The van der Waals surface area contributed by atoms with Crippen molar-refractivity contribution in [1.29, 1.82) is 0 Å². The van der Waals surface area contributed by atoms with Crippen LogP contribution < -0.4 is 0 Å². The van der Waals surface area contributed by atoms with Crippen molar-refractivity contribution in [3.05, 3.63) is 87.1 Å². The molecule has 2 heterocycles. The van der Waals surface area contributed by atoms with Crippen molar-refractivity contribution < 1.29 is 28.7 Å². The first-order valence-corrected chi connectivity index (χ1v) is 12.8. The molecule has 0 amide bonds. The van der Waals surface area contributed by atoms with Crippen LogP contribution in [0.15, 0.2) is 59.6 Å². The van der Waals surface area contributed by atoms with Crippen LogP contribution in [-0.2, 0) is 30.2 Å². The molecule has 38 heavy (non-hydrogen) atoms. The summed E-state index contributed by atoms with van der Waals surface area (Å²) in [4.78, 5) is 41.4. The number of ether oxygens (including phenoxy) is 3. The lowest BCUT2D eigenvalue weighted by molar-refractivity contribution is -0.384. The maximum Gasteiger partial charge on any atom is 0.339 e. The summed E-state index contributed by atoms with van der Waals surface area (Å²) in [6.45, 7) is 3.67. The Morgan fingerprint density at radius 1 is 1.13 bits per heavy atom. The van der Waals surface area contributed by atoms with Gasteiger partial charge in [-0.05, 0) is 36.5 Å². The number of nitro benzene ring substituents is 1. The third-order valence-electron chi connectivity index (χ3n) is 6.27. The second kappa shape index (κ2) is 12.1. The van der Waals surface area contributed by atoms with E-state index >= 15 is 0 Å². The number of esters is 2. The molecule has 0 saturated carbocycles. The number of fused-ring (bicyclic) bond motifs is 1. The molecule has 3 unspecified atom stereocenters. The van der Waals surface area contributed by atoms with Crippen LogP contribution in [0.5, 0.6) is 0 Å². The highest BCUT2D eigenvalue weighted by Crippen LogP contribution is 2.47. The van der Waals surface area contributed by atoms with Crippen LogP contribution in [-0.4, -0.2) is 47.3 Å². The van der Waals surface area contributed by atoms with E-state index in [1.807, 2.05) is 18.2 Å². The van der Waals surface area contributed by atoms with Gasteiger partial charge < -0.3 is 14.2 Å². The molecule has 0 radical (unpaired) electrons. The zero-order valence-electron chi connectivity index (χ0n) is 21.2. The number of nitro groups is 1. The average Bonchev–Trinajstić information content (AvgIpc) is 3.31. The highest BCUT2D eigenvalue weighted by Gasteiger charge is 2.41. The molecule has 4 rings (SSSR count). The molecule has 10 nitrogen and oxygen atoms in total. The molecule has 0 spiro atoms. The number of methoxy groups -OCH3 is 1. The molecule has 0 aliphatic carbocycles. The van der Waals surface area contributed by atoms with Crippen LogP contribution in [0.25, 0.3) is 0 Å². The molecule has 198 valence electrons. The Hall–Kier alpha value is -3.96. The van der Waals surface area contributed by atoms with Crippen molar-refractivity contribution >= 4 is 39.9 Å². The largest absolute Gasteiger partial charge is 0.465 e. The van der Waals surface area contributed by atoms with Crippen molar-refractivity contribution in [2.75, 3.05) is 20.3 Å². The van der Waals surface area contributed by atoms with Crippen molar-refractivity contribution in [1.82, 2.24) is 4.37 Å². The smallest absolute Gasteiger partial charge is 0.339 e. The normalized spacial score (nSPS) is 17.2. The molecule has 0 saturated heterocycles. The van der Waals surface area contributed by atoms with E-state index in [2.05, 4.69) is 9.37 Å². The Kier molecular flexibility index (Phi) is 8.59. The van der Waals surface area contributed by atoms with Gasteiger partial charge in [0.15, 0.2) is 6.10 Å². The molecule has 1 aromatic heterocycles. The van der Waals surface area contributed by atoms with Gasteiger partial charge in [0, 0.05) is 42.9 Å². The van der Waals surface area contributed by atoms with Gasteiger partial charge in [0.1, 0.15) is 10.9 Å². The quantitative estimate of drug-likeness (QED) is 0.202. The number of aliphatic imine (C=N–C) groups is 1. The lowest BCUT2D eigenvalue weighted by atomic mass is 9.76. The molecule has 2 aromatic carbocycles. The molecule has 0 fully saturated rings. The second-order valence-corrected chi connectivity index (χ2v) is 9.36. The summed E-state index contributed by atoms with van der Waals surface area (Å²) in [5.41, 5.74) is 3.00. The van der Waals surface area contributed by atoms with Gasteiger partial charge in [-0.25, -0.2) is 9.79 Å². The number of nitrogens with zero attached hydrogens (tertiary/aromatic N) is 3. The van der Waals surface area contributed by atoms with Crippen LogP contribution in [0.4, 0.5) is 10.7 Å². The van der Waals surface area contributed by atoms with Gasteiger partial charge in [0.25, 0.3) is 5.69 Å². The highest BCUT2D eigenvalue weighted by atomic mass is 32.1. The Morgan fingerprint density at radius 3 is 2.58 bits per heavy atom. The van der Waals surface area contributed by atoms with Crippen LogP contribution in [0.3, 0.4) is 0 Å². The van der Waals surface area contributed by atoms with Crippen LogP contribution in [0.1, 0.15) is 48.3 Å². The zero-order chi connectivity index (χ0) is 27.2. The molecular formula is C27H27N3O7S. The Labute approximate surface area is 223 Å². The predicted molar refractivity (Wildman–Crippen MR) is 141 cm³/mol. The van der Waals surface area contributed by atoms with Gasteiger partial charge in [-0.1, -0.05) is 42.5 Å². The predicted octanol–water partition coefficient (Wildman–Crippen LogP) is 4.94. The fourth-order valence-corrected chi connectivity index (χ4v) is 5.50. The van der Waals surface area contributed by atoms with E-state index in [1.54, 1.807) is 38.1 Å². The molecular weight excluding hydrogens is 510 g/mol. The van der Waals surface area contributed by atoms with E-state index in [4.69, 9.17) is 14.2 Å². The SMILES string of the molecule is CCOC(=O)C1C(C)=Nc2snc(CCOC(=O)C(OC)c3ccccc3)c2C1c1cccc([N+](=O)[O-])c1. The summed E-state index contributed by atoms with van der Waals surface area (Å²) < 4.78 is 20.8. The fourth-order valence-electron chi connectivity index (χ4n) is 4.58. The number of non-ortho nitro benzene ring substituents is 1. The molecule has 11 heteroatoms. The summed E-state index contributed by atoms with van der Waals surface area (Å²) in [6, 6.07) is 15.2. The summed E-state index contributed by atoms with van der Waals surface area (Å²) in [7, 11) is 1.44. The van der Waals surface area contributed by atoms with E-state index in [0.29, 0.717) is 33.1 Å². The Morgan fingerprint density at radius 2 is 1.89 bits per heavy atom. The van der Waals surface area contributed by atoms with Gasteiger partial charge in [0.05, 0.1) is 23.8 Å². The number of carbonyl (C=O) groups excluding carboxylic acids is 2. The summed E-state index contributed by atoms with van der Waals surface area (Å²) >= 11 is 1.17. The molecule has 1 aliphatic heterocycles. The summed E-state index contributed by atoms with van der Waals surface area (Å²) in [5.74, 6) is -2.37. The standard InChI is InChI=1S/C27H27N3O7S/c1-4-36-26(31)21-16(2)28-25-23(22(21)18-11-8-12-19(15-18)30(33)34)20(29-38-25)13-14-37-27(32)24(35-3)17-9-6-5-7-10-17/h5-12,15,21-22,24H,4,13-14H2,1-3H3. The Balaban J connectivity index is 1.63. The van der Waals surface area contributed by atoms with Crippen LogP contribution in [0.2, 0.25) is 0 Å². The van der Waals surface area contributed by atoms with Gasteiger partial charge in [0.2, 0.25) is 0 Å². The maximum absolute atomic E-state index is 13.1. The van der Waals surface area contributed by atoms with Crippen molar-refractivity contribution in [2.24, 2.45) is 10.9 Å². The van der Waals surface area contributed by atoms with Gasteiger partial charge in [-0.2, -0.15) is 4.37 Å². The first-order valence-electron chi connectivity index (χ1n) is 12.0. The van der Waals surface area contributed by atoms with Gasteiger partial charge in [-0.3, -0.25) is 14.9 Å². The maximum atomic E-state index is 13.1.